The van der Waals surface area contributed by atoms with Gasteiger partial charge in [0.05, 0.1) is 0 Å². The number of nitrogens with zero attached hydrogens (tertiary/aromatic N) is 2. The van der Waals surface area contributed by atoms with Crippen LogP contribution in [0.5, 0.6) is 0 Å². The summed E-state index contributed by atoms with van der Waals surface area (Å²) in [4.78, 5) is 12.6. The van der Waals surface area contributed by atoms with E-state index in [0.717, 1.165) is 35.8 Å². The Bertz CT molecular complexity index is 603. The van der Waals surface area contributed by atoms with Crippen molar-refractivity contribution in [2.45, 2.75) is 13.0 Å². The quantitative estimate of drug-likeness (QED) is 0.689. The lowest BCUT2D eigenvalue weighted by molar-refractivity contribution is -0.118. The Kier molecular flexibility index (Phi) is 2.18. The van der Waals surface area contributed by atoms with Gasteiger partial charge in [-0.25, -0.2) is 4.39 Å². The van der Waals surface area contributed by atoms with Gasteiger partial charge in [-0.3, -0.25) is 4.79 Å². The lowest BCUT2D eigenvalue weighted by Crippen LogP contribution is -2.29. The third-order valence-electron chi connectivity index (χ3n) is 3.54. The van der Waals surface area contributed by atoms with Crippen molar-refractivity contribution < 1.29 is 9.18 Å². The lowest BCUT2D eigenvalue weighted by atomic mass is 10.1. The summed E-state index contributed by atoms with van der Waals surface area (Å²) in [5.41, 5.74) is 3.33. The number of hydrogen-bond acceptors (Lipinski definition) is 1. The third-order valence-corrected chi connectivity index (χ3v) is 3.54. The van der Waals surface area contributed by atoms with Crippen molar-refractivity contribution in [2.75, 3.05) is 6.54 Å². The molecule has 2 aromatic rings. The fourth-order valence-electron chi connectivity index (χ4n) is 2.66. The maximum Gasteiger partial charge on any atom is 0.210 e. The first kappa shape index (κ1) is 10.3. The van der Waals surface area contributed by atoms with Crippen molar-refractivity contribution in [3.05, 3.63) is 35.3 Å². The molecule has 1 aromatic heterocycles. The number of carbonyl (C=O) groups excluding carboxylic acids is 1. The molecule has 0 aliphatic carbocycles. The zero-order chi connectivity index (χ0) is 12.0. The molecule has 1 aliphatic heterocycles. The minimum Gasteiger partial charge on any atom is -0.347 e. The fourth-order valence-corrected chi connectivity index (χ4v) is 2.66. The van der Waals surface area contributed by atoms with E-state index in [0.29, 0.717) is 6.54 Å². The van der Waals surface area contributed by atoms with Crippen molar-refractivity contribution in [3.8, 4) is 0 Å². The normalized spacial score (nSPS) is 15.1. The average Bonchev–Trinajstić information content (AvgIpc) is 2.62. The van der Waals surface area contributed by atoms with Gasteiger partial charge in [0.25, 0.3) is 0 Å². The van der Waals surface area contributed by atoms with Crippen molar-refractivity contribution in [1.82, 2.24) is 9.47 Å². The summed E-state index contributed by atoms with van der Waals surface area (Å²) in [5.74, 6) is -0.228. The molecule has 0 fully saturated rings. The molecule has 1 aromatic carbocycles. The molecule has 1 amide bonds. The highest BCUT2D eigenvalue weighted by Crippen LogP contribution is 2.30. The molecule has 2 heterocycles. The van der Waals surface area contributed by atoms with Gasteiger partial charge >= 0.3 is 0 Å². The van der Waals surface area contributed by atoms with Gasteiger partial charge in [-0.1, -0.05) is 0 Å². The summed E-state index contributed by atoms with van der Waals surface area (Å²) in [6.07, 6.45) is 1.70. The molecule has 3 rings (SSSR count). The predicted octanol–water partition coefficient (Wildman–Crippen LogP) is 1.83. The van der Waals surface area contributed by atoms with E-state index in [2.05, 4.69) is 4.57 Å². The van der Waals surface area contributed by atoms with Gasteiger partial charge in [-0.05, 0) is 18.2 Å². The predicted molar refractivity (Wildman–Crippen MR) is 63.1 cm³/mol. The molecule has 0 radical (unpaired) electrons. The van der Waals surface area contributed by atoms with Crippen LogP contribution in [0.1, 0.15) is 11.3 Å². The number of hydrogen-bond donors (Lipinski definition) is 0. The molecule has 0 unspecified atom stereocenters. The van der Waals surface area contributed by atoms with Crippen molar-refractivity contribution in [1.29, 1.82) is 0 Å². The van der Waals surface area contributed by atoms with E-state index >= 15 is 0 Å². The Morgan fingerprint density at radius 1 is 1.41 bits per heavy atom. The zero-order valence-electron chi connectivity index (χ0n) is 9.61. The highest BCUT2D eigenvalue weighted by atomic mass is 19.1. The van der Waals surface area contributed by atoms with E-state index in [-0.39, 0.29) is 5.82 Å². The summed E-state index contributed by atoms with van der Waals surface area (Å²) in [5, 5.41) is 0.925. The summed E-state index contributed by atoms with van der Waals surface area (Å²) < 4.78 is 15.4. The monoisotopic (exact) mass is 232 g/mol. The Labute approximate surface area is 98.4 Å². The summed E-state index contributed by atoms with van der Waals surface area (Å²) >= 11 is 0. The molecule has 88 valence electrons. The fraction of sp³-hybridized carbons (Fsp3) is 0.308. The van der Waals surface area contributed by atoms with Gasteiger partial charge in [-0.2, -0.15) is 0 Å². The largest absolute Gasteiger partial charge is 0.347 e. The van der Waals surface area contributed by atoms with Gasteiger partial charge in [0.1, 0.15) is 5.82 Å². The van der Waals surface area contributed by atoms with Gasteiger partial charge in [0, 0.05) is 48.7 Å². The topological polar surface area (TPSA) is 25.2 Å². The van der Waals surface area contributed by atoms with Crippen molar-refractivity contribution in [2.24, 2.45) is 7.05 Å². The average molecular weight is 232 g/mol. The third kappa shape index (κ3) is 1.44. The molecule has 17 heavy (non-hydrogen) atoms. The van der Waals surface area contributed by atoms with Crippen LogP contribution in [0.4, 0.5) is 4.39 Å². The maximum atomic E-state index is 13.3. The van der Waals surface area contributed by atoms with E-state index in [1.807, 2.05) is 7.05 Å². The number of carbonyl (C=O) groups is 1. The summed E-state index contributed by atoms with van der Waals surface area (Å²) in [6, 6.07) is 4.84. The molecule has 0 N–H and O–H groups in total. The van der Waals surface area contributed by atoms with Crippen LogP contribution in [0.15, 0.2) is 18.2 Å². The Morgan fingerprint density at radius 2 is 2.24 bits per heavy atom. The minimum atomic E-state index is -0.228. The highest BCUT2D eigenvalue weighted by molar-refractivity contribution is 5.86. The number of rotatable bonds is 1. The van der Waals surface area contributed by atoms with Crippen LogP contribution in [-0.2, 0) is 24.8 Å². The van der Waals surface area contributed by atoms with Gasteiger partial charge in [0.15, 0.2) is 0 Å². The Hall–Kier alpha value is -1.84. The number of aryl methyl sites for hydroxylation is 1. The first-order valence-electron chi connectivity index (χ1n) is 5.65. The Morgan fingerprint density at radius 3 is 3.00 bits per heavy atom. The van der Waals surface area contributed by atoms with Crippen LogP contribution >= 0.6 is 0 Å². The zero-order valence-corrected chi connectivity index (χ0v) is 9.61. The van der Waals surface area contributed by atoms with Crippen LogP contribution < -0.4 is 0 Å². The van der Waals surface area contributed by atoms with E-state index in [9.17, 15) is 9.18 Å². The van der Waals surface area contributed by atoms with Crippen LogP contribution in [0, 0.1) is 5.82 Å². The van der Waals surface area contributed by atoms with Gasteiger partial charge in [-0.15, -0.1) is 0 Å². The molecule has 0 saturated heterocycles. The molecule has 1 aliphatic rings. The number of aromatic nitrogens is 1. The standard InChI is InChI=1S/C13H13FN2O/c1-15-12-3-2-9(14)6-10(12)11-7-16(8-17)5-4-13(11)15/h2-3,6,8H,4-5,7H2,1H3. The summed E-state index contributed by atoms with van der Waals surface area (Å²) in [7, 11) is 2.00. The molecule has 0 spiro atoms. The molecule has 4 heteroatoms. The minimum absolute atomic E-state index is 0.228. The molecule has 0 atom stereocenters. The van der Waals surface area contributed by atoms with E-state index in [4.69, 9.17) is 0 Å². The molecule has 0 saturated carbocycles. The lowest BCUT2D eigenvalue weighted by Gasteiger charge is -2.23. The van der Waals surface area contributed by atoms with Gasteiger partial charge < -0.3 is 9.47 Å². The van der Waals surface area contributed by atoms with Gasteiger partial charge in [0.2, 0.25) is 6.41 Å². The first-order valence-corrected chi connectivity index (χ1v) is 5.65. The maximum absolute atomic E-state index is 13.3. The summed E-state index contributed by atoms with van der Waals surface area (Å²) in [6.45, 7) is 1.32. The molecular formula is C13H13FN2O. The van der Waals surface area contributed by atoms with Crippen molar-refractivity contribution in [3.63, 3.8) is 0 Å². The van der Waals surface area contributed by atoms with Crippen LogP contribution in [-0.4, -0.2) is 22.4 Å². The van der Waals surface area contributed by atoms with Crippen LogP contribution in [0.2, 0.25) is 0 Å². The number of benzene rings is 1. The second-order valence-electron chi connectivity index (χ2n) is 4.47. The Balaban J connectivity index is 2.26. The van der Waals surface area contributed by atoms with E-state index in [1.165, 1.54) is 11.8 Å². The van der Waals surface area contributed by atoms with E-state index in [1.54, 1.807) is 17.0 Å². The first-order chi connectivity index (χ1) is 8.20. The van der Waals surface area contributed by atoms with Crippen LogP contribution in [0.25, 0.3) is 10.9 Å². The number of fused-ring (bicyclic) bond motifs is 3. The second-order valence-corrected chi connectivity index (χ2v) is 4.47. The number of amides is 1. The highest BCUT2D eigenvalue weighted by Gasteiger charge is 2.21. The second kappa shape index (κ2) is 3.58. The van der Waals surface area contributed by atoms with E-state index < -0.39 is 0 Å². The molecule has 0 bridgehead atoms. The van der Waals surface area contributed by atoms with Crippen molar-refractivity contribution >= 4 is 17.3 Å². The smallest absolute Gasteiger partial charge is 0.210 e. The number of halogens is 1. The molecule has 3 nitrogen and oxygen atoms in total. The molecular weight excluding hydrogens is 219 g/mol. The van der Waals surface area contributed by atoms with Crippen LogP contribution in [0.3, 0.4) is 0 Å². The SMILES string of the molecule is Cn1c2c(c3cc(F)ccc31)CN(C=O)CC2.